The molecule has 1 rings (SSSR count). The summed E-state index contributed by atoms with van der Waals surface area (Å²) in [5.74, 6) is -4.02. The van der Waals surface area contributed by atoms with Crippen LogP contribution < -0.4 is 4.74 Å². The quantitative estimate of drug-likeness (QED) is 0.767. The monoisotopic (exact) mass is 286 g/mol. The summed E-state index contributed by atoms with van der Waals surface area (Å²) in [6, 6.07) is 6.18. The van der Waals surface area contributed by atoms with E-state index in [0.717, 1.165) is 0 Å². The lowest BCUT2D eigenvalue weighted by Gasteiger charge is -2.16. The predicted octanol–water partition coefficient (Wildman–Crippen LogP) is 3.73. The number of rotatable bonds is 4. The van der Waals surface area contributed by atoms with Crippen LogP contribution in [0.4, 0.5) is 17.6 Å². The number of benzene rings is 1. The maximum Gasteiger partial charge on any atom is 0.340 e. The molecule has 0 heterocycles. The Kier molecular flexibility index (Phi) is 3.96. The lowest BCUT2D eigenvalue weighted by atomic mass is 10.3. The van der Waals surface area contributed by atoms with E-state index in [1.807, 2.05) is 0 Å². The van der Waals surface area contributed by atoms with Crippen molar-refractivity contribution in [3.8, 4) is 5.75 Å². The molecule has 6 heteroatoms. The van der Waals surface area contributed by atoms with Crippen molar-refractivity contribution in [1.29, 1.82) is 0 Å². The Morgan fingerprint density at radius 1 is 1.27 bits per heavy atom. The molecule has 15 heavy (non-hydrogen) atoms. The first-order valence-corrected chi connectivity index (χ1v) is 4.76. The number of hydrogen-bond donors (Lipinski definition) is 0. The summed E-state index contributed by atoms with van der Waals surface area (Å²) in [5, 5.41) is 0. The number of alkyl halides is 4. The maximum absolute atomic E-state index is 12.5. The average Bonchev–Trinajstić information content (AvgIpc) is 2.16. The highest BCUT2D eigenvalue weighted by Gasteiger charge is 2.41. The molecule has 0 aliphatic rings. The van der Waals surface area contributed by atoms with Crippen LogP contribution in [0.15, 0.2) is 28.7 Å². The van der Waals surface area contributed by atoms with Crippen molar-refractivity contribution in [2.45, 2.75) is 12.3 Å². The smallest absolute Gasteiger partial charge is 0.340 e. The first kappa shape index (κ1) is 12.3. The highest BCUT2D eigenvalue weighted by atomic mass is 79.9. The van der Waals surface area contributed by atoms with E-state index in [-0.39, 0.29) is 5.75 Å². The second kappa shape index (κ2) is 4.83. The Labute approximate surface area is 92.2 Å². The van der Waals surface area contributed by atoms with Crippen molar-refractivity contribution in [2.75, 3.05) is 6.61 Å². The minimum Gasteiger partial charge on any atom is -0.486 e. The van der Waals surface area contributed by atoms with E-state index in [0.29, 0.717) is 4.47 Å². The molecule has 1 aromatic rings. The van der Waals surface area contributed by atoms with Gasteiger partial charge < -0.3 is 4.74 Å². The lowest BCUT2D eigenvalue weighted by molar-refractivity contribution is -0.148. The van der Waals surface area contributed by atoms with Crippen molar-refractivity contribution in [3.05, 3.63) is 28.7 Å². The molecule has 0 aliphatic heterocycles. The molecular weight excluding hydrogens is 280 g/mol. The molecule has 0 saturated carbocycles. The fraction of sp³-hybridized carbons (Fsp3) is 0.333. The number of para-hydroxylation sites is 1. The molecule has 0 bridgehead atoms. The second-order valence-corrected chi connectivity index (χ2v) is 3.64. The van der Waals surface area contributed by atoms with Crippen LogP contribution in [0.5, 0.6) is 5.75 Å². The van der Waals surface area contributed by atoms with Crippen molar-refractivity contribution >= 4 is 15.9 Å². The van der Waals surface area contributed by atoms with Crippen LogP contribution in [0, 0.1) is 0 Å². The summed E-state index contributed by atoms with van der Waals surface area (Å²) in [7, 11) is 0. The fourth-order valence-electron chi connectivity index (χ4n) is 0.799. The molecule has 0 N–H and O–H groups in total. The summed E-state index contributed by atoms with van der Waals surface area (Å²) in [5.41, 5.74) is 0. The van der Waals surface area contributed by atoms with Crippen LogP contribution in [0.1, 0.15) is 0 Å². The molecule has 0 atom stereocenters. The van der Waals surface area contributed by atoms with E-state index in [2.05, 4.69) is 20.7 Å². The van der Waals surface area contributed by atoms with Gasteiger partial charge in [-0.1, -0.05) is 12.1 Å². The molecule has 1 nitrogen and oxygen atoms in total. The largest absolute Gasteiger partial charge is 0.486 e. The first-order chi connectivity index (χ1) is 6.93. The Hall–Kier alpha value is -0.780. The van der Waals surface area contributed by atoms with Gasteiger partial charge in [-0.3, -0.25) is 0 Å². The summed E-state index contributed by atoms with van der Waals surface area (Å²) in [6.45, 7) is -1.34. The van der Waals surface area contributed by atoms with E-state index in [1.165, 1.54) is 6.07 Å². The third-order valence-electron chi connectivity index (χ3n) is 1.58. The Balaban J connectivity index is 2.62. The predicted molar refractivity (Wildman–Crippen MR) is 50.6 cm³/mol. The van der Waals surface area contributed by atoms with Crippen molar-refractivity contribution < 1.29 is 22.3 Å². The van der Waals surface area contributed by atoms with Gasteiger partial charge in [-0.2, -0.15) is 8.78 Å². The third kappa shape index (κ3) is 3.37. The number of halogens is 5. The van der Waals surface area contributed by atoms with E-state index in [1.54, 1.807) is 18.2 Å². The fourth-order valence-corrected chi connectivity index (χ4v) is 1.20. The van der Waals surface area contributed by atoms with Crippen LogP contribution in [-0.4, -0.2) is 19.0 Å². The zero-order valence-corrected chi connectivity index (χ0v) is 8.98. The molecule has 0 radical (unpaired) electrons. The Morgan fingerprint density at radius 2 is 1.87 bits per heavy atom. The minimum atomic E-state index is -4.13. The highest BCUT2D eigenvalue weighted by Crippen LogP contribution is 2.28. The standard InChI is InChI=1S/C9H7BrF4O/c10-6-3-1-2-4-7(6)15-5-9(13,14)8(11)12/h1-4,8H,5H2. The number of ether oxygens (including phenoxy) is 1. The third-order valence-corrected chi connectivity index (χ3v) is 2.23. The van der Waals surface area contributed by atoms with Crippen LogP contribution in [0.2, 0.25) is 0 Å². The van der Waals surface area contributed by atoms with Gasteiger partial charge in [0.1, 0.15) is 5.75 Å². The van der Waals surface area contributed by atoms with Gasteiger partial charge in [0.25, 0.3) is 0 Å². The van der Waals surface area contributed by atoms with E-state index in [9.17, 15) is 17.6 Å². The lowest BCUT2D eigenvalue weighted by Crippen LogP contribution is -2.33. The van der Waals surface area contributed by atoms with Crippen LogP contribution in [0.25, 0.3) is 0 Å². The van der Waals surface area contributed by atoms with Gasteiger partial charge in [-0.25, -0.2) is 8.78 Å². The Bertz CT molecular complexity index is 330. The van der Waals surface area contributed by atoms with Crippen LogP contribution >= 0.6 is 15.9 Å². The van der Waals surface area contributed by atoms with E-state index < -0.39 is 19.0 Å². The molecule has 0 unspecified atom stereocenters. The molecule has 0 spiro atoms. The average molecular weight is 287 g/mol. The zero-order valence-electron chi connectivity index (χ0n) is 7.39. The molecule has 84 valence electrons. The van der Waals surface area contributed by atoms with Gasteiger partial charge in [-0.15, -0.1) is 0 Å². The molecule has 1 aromatic carbocycles. The van der Waals surface area contributed by atoms with Crippen LogP contribution in [0.3, 0.4) is 0 Å². The topological polar surface area (TPSA) is 9.23 Å². The van der Waals surface area contributed by atoms with Gasteiger partial charge in [-0.05, 0) is 28.1 Å². The first-order valence-electron chi connectivity index (χ1n) is 3.97. The molecule has 0 aromatic heterocycles. The molecule has 0 saturated heterocycles. The maximum atomic E-state index is 12.5. The second-order valence-electron chi connectivity index (χ2n) is 2.78. The Morgan fingerprint density at radius 3 is 2.40 bits per heavy atom. The molecule has 0 amide bonds. The van der Waals surface area contributed by atoms with Gasteiger partial charge in [0, 0.05) is 0 Å². The molecular formula is C9H7BrF4O. The van der Waals surface area contributed by atoms with E-state index >= 15 is 0 Å². The van der Waals surface area contributed by atoms with Gasteiger partial charge in [0.2, 0.25) is 0 Å². The van der Waals surface area contributed by atoms with Crippen molar-refractivity contribution in [2.24, 2.45) is 0 Å². The van der Waals surface area contributed by atoms with Crippen LogP contribution in [-0.2, 0) is 0 Å². The van der Waals surface area contributed by atoms with Crippen molar-refractivity contribution in [1.82, 2.24) is 0 Å². The van der Waals surface area contributed by atoms with Gasteiger partial charge in [0.05, 0.1) is 4.47 Å². The molecule has 0 aliphatic carbocycles. The van der Waals surface area contributed by atoms with E-state index in [4.69, 9.17) is 0 Å². The summed E-state index contributed by atoms with van der Waals surface area (Å²) < 4.78 is 53.5. The normalized spacial score (nSPS) is 11.9. The number of hydrogen-bond acceptors (Lipinski definition) is 1. The van der Waals surface area contributed by atoms with Crippen molar-refractivity contribution in [3.63, 3.8) is 0 Å². The summed E-state index contributed by atoms with van der Waals surface area (Å²) in [6.07, 6.45) is -3.72. The summed E-state index contributed by atoms with van der Waals surface area (Å²) >= 11 is 3.04. The highest BCUT2D eigenvalue weighted by molar-refractivity contribution is 9.10. The SMILES string of the molecule is FC(F)C(F)(F)COc1ccccc1Br. The minimum absolute atomic E-state index is 0.109. The van der Waals surface area contributed by atoms with Gasteiger partial charge in [0.15, 0.2) is 6.61 Å². The molecule has 0 fully saturated rings. The zero-order chi connectivity index (χ0) is 11.5. The van der Waals surface area contributed by atoms with Gasteiger partial charge >= 0.3 is 12.3 Å². The summed E-state index contributed by atoms with van der Waals surface area (Å²) in [4.78, 5) is 0.